The molecule has 15 nitrogen and oxygen atoms in total. The summed E-state index contributed by atoms with van der Waals surface area (Å²) in [6.45, 7) is -1.05. The van der Waals surface area contributed by atoms with Crippen LogP contribution < -0.4 is 21.7 Å². The smallest absolute Gasteiger partial charge is 0.327 e. The Morgan fingerprint density at radius 2 is 1.67 bits per heavy atom. The fourth-order valence-corrected chi connectivity index (χ4v) is 5.66. The van der Waals surface area contributed by atoms with Crippen LogP contribution in [0.2, 0.25) is 0 Å². The van der Waals surface area contributed by atoms with Crippen LogP contribution in [0, 0.1) is 0 Å². The molecular formula is C19H15N7O8S2. The molecule has 0 saturated carbocycles. The van der Waals surface area contributed by atoms with Crippen molar-refractivity contribution in [3.05, 3.63) is 74.9 Å². The predicted molar refractivity (Wildman–Crippen MR) is 123 cm³/mol. The van der Waals surface area contributed by atoms with Crippen LogP contribution in [0.4, 0.5) is 17.2 Å². The van der Waals surface area contributed by atoms with E-state index < -0.39 is 49.7 Å². The van der Waals surface area contributed by atoms with Crippen LogP contribution in [0.15, 0.2) is 78.1 Å². The molecule has 2 aromatic carbocycles. The van der Waals surface area contributed by atoms with Crippen molar-refractivity contribution < 1.29 is 26.4 Å². The van der Waals surface area contributed by atoms with Gasteiger partial charge in [0, 0.05) is 0 Å². The predicted octanol–water partition coefficient (Wildman–Crippen LogP) is -0.290. The number of H-pyrrole nitrogens is 2. The maximum absolute atomic E-state index is 12.6. The zero-order valence-corrected chi connectivity index (χ0v) is 19.5. The quantitative estimate of drug-likeness (QED) is 0.304. The van der Waals surface area contributed by atoms with E-state index in [1.807, 2.05) is 4.98 Å². The summed E-state index contributed by atoms with van der Waals surface area (Å²) in [6, 6.07) is 9.89. The lowest BCUT2D eigenvalue weighted by Crippen LogP contribution is -2.42. The molecule has 3 aromatic rings. The maximum atomic E-state index is 12.6. The lowest BCUT2D eigenvalue weighted by molar-refractivity contribution is -0.119. The standard InChI is InChI=1S/C19H15N7O8S2/c20-16-15(17(28)22-19(30)21-16)24-23-10-5-7-11(8-6-10)35(31,32)25-14(27)9-26-18(29)12-3-1-2-4-13(12)36(26,33)34/h1-8H,9H2,(H,25,27)(H4,20,21,22,28,30). The van der Waals surface area contributed by atoms with Gasteiger partial charge in [0.15, 0.2) is 5.69 Å². The molecule has 2 amide bonds. The number of aromatic amines is 2. The molecule has 1 aliphatic heterocycles. The number of hydrogen-bond acceptors (Lipinski definition) is 11. The van der Waals surface area contributed by atoms with Crippen LogP contribution in [0.5, 0.6) is 0 Å². The van der Waals surface area contributed by atoms with E-state index in [9.17, 15) is 36.0 Å². The Bertz CT molecular complexity index is 1760. The molecule has 0 atom stereocenters. The SMILES string of the molecule is Nc1[nH]c(=O)[nH]c(=O)c1N=Nc1ccc(S(=O)(=O)NC(=O)CN2C(=O)c3ccccc3S2(=O)=O)cc1. The number of nitrogens with two attached hydrogens (primary N) is 1. The van der Waals surface area contributed by atoms with E-state index in [2.05, 4.69) is 15.2 Å². The van der Waals surface area contributed by atoms with Crippen LogP contribution in [0.1, 0.15) is 10.4 Å². The molecule has 4 rings (SSSR count). The van der Waals surface area contributed by atoms with Crippen molar-refractivity contribution in [2.75, 3.05) is 12.3 Å². The average molecular weight is 534 g/mol. The number of amides is 2. The number of nitrogen functional groups attached to an aromatic ring is 1. The van der Waals surface area contributed by atoms with Gasteiger partial charge < -0.3 is 5.73 Å². The van der Waals surface area contributed by atoms with Gasteiger partial charge in [-0.2, -0.15) is 5.11 Å². The average Bonchev–Trinajstić information content (AvgIpc) is 2.99. The number of sulfonamides is 2. The largest absolute Gasteiger partial charge is 0.383 e. The molecule has 186 valence electrons. The minimum Gasteiger partial charge on any atom is -0.383 e. The number of rotatable bonds is 6. The van der Waals surface area contributed by atoms with Crippen molar-refractivity contribution in [1.82, 2.24) is 19.0 Å². The Labute approximate surface area is 201 Å². The molecule has 1 aliphatic rings. The Kier molecular flexibility index (Phi) is 6.02. The van der Waals surface area contributed by atoms with Crippen LogP contribution >= 0.6 is 0 Å². The molecule has 1 aromatic heterocycles. The highest BCUT2D eigenvalue weighted by atomic mass is 32.2. The van der Waals surface area contributed by atoms with E-state index in [1.165, 1.54) is 36.4 Å². The zero-order valence-electron chi connectivity index (χ0n) is 17.8. The van der Waals surface area contributed by atoms with Crippen molar-refractivity contribution in [3.63, 3.8) is 0 Å². The minimum absolute atomic E-state index is 0.0943. The number of nitrogens with zero attached hydrogens (tertiary/aromatic N) is 3. The van der Waals surface area contributed by atoms with Gasteiger partial charge in [0.2, 0.25) is 0 Å². The third kappa shape index (κ3) is 4.51. The monoisotopic (exact) mass is 533 g/mol. The summed E-state index contributed by atoms with van der Waals surface area (Å²) in [6.07, 6.45) is 0. The first-order valence-corrected chi connectivity index (χ1v) is 12.7. The summed E-state index contributed by atoms with van der Waals surface area (Å²) in [5.74, 6) is -2.53. The summed E-state index contributed by atoms with van der Waals surface area (Å²) in [4.78, 5) is 51.0. The molecule has 17 heteroatoms. The molecule has 0 saturated heterocycles. The number of nitrogens with one attached hydrogen (secondary N) is 3. The van der Waals surface area contributed by atoms with E-state index in [0.717, 1.165) is 12.1 Å². The number of carbonyl (C=O) groups excluding carboxylic acids is 2. The second kappa shape index (κ2) is 8.86. The van der Waals surface area contributed by atoms with Gasteiger partial charge in [-0.25, -0.2) is 30.7 Å². The molecule has 0 unspecified atom stereocenters. The molecule has 0 radical (unpaired) electrons. The van der Waals surface area contributed by atoms with Gasteiger partial charge in [0.05, 0.1) is 16.1 Å². The molecule has 0 spiro atoms. The summed E-state index contributed by atoms with van der Waals surface area (Å²) in [7, 11) is -8.75. The minimum atomic E-state index is -4.44. The highest BCUT2D eigenvalue weighted by molar-refractivity contribution is 7.90. The van der Waals surface area contributed by atoms with Crippen molar-refractivity contribution in [2.24, 2.45) is 10.2 Å². The normalized spacial score (nSPS) is 14.7. The fraction of sp³-hybridized carbons (Fsp3) is 0.0526. The summed E-state index contributed by atoms with van der Waals surface area (Å²) in [5.41, 5.74) is 3.40. The van der Waals surface area contributed by atoms with Crippen molar-refractivity contribution in [3.8, 4) is 0 Å². The second-order valence-electron chi connectivity index (χ2n) is 7.21. The molecule has 0 bridgehead atoms. The maximum Gasteiger partial charge on any atom is 0.327 e. The van der Waals surface area contributed by atoms with Crippen molar-refractivity contribution in [2.45, 2.75) is 9.79 Å². The Balaban J connectivity index is 1.47. The fourth-order valence-electron chi connectivity index (χ4n) is 3.16. The van der Waals surface area contributed by atoms with Crippen LogP contribution in [0.25, 0.3) is 0 Å². The summed E-state index contributed by atoms with van der Waals surface area (Å²) < 4.78 is 52.2. The number of benzene rings is 2. The zero-order chi connectivity index (χ0) is 26.3. The van der Waals surface area contributed by atoms with E-state index in [1.54, 1.807) is 4.72 Å². The van der Waals surface area contributed by atoms with Gasteiger partial charge >= 0.3 is 5.69 Å². The van der Waals surface area contributed by atoms with Gasteiger partial charge in [-0.05, 0) is 36.4 Å². The van der Waals surface area contributed by atoms with E-state index in [4.69, 9.17) is 5.73 Å². The highest BCUT2D eigenvalue weighted by Gasteiger charge is 2.42. The Morgan fingerprint density at radius 1 is 1.00 bits per heavy atom. The lowest BCUT2D eigenvalue weighted by atomic mass is 10.2. The summed E-state index contributed by atoms with van der Waals surface area (Å²) in [5, 5.41) is 7.36. The molecule has 0 aliphatic carbocycles. The van der Waals surface area contributed by atoms with E-state index in [-0.39, 0.29) is 36.9 Å². The molecular weight excluding hydrogens is 518 g/mol. The van der Waals surface area contributed by atoms with Gasteiger partial charge in [0.1, 0.15) is 17.3 Å². The molecule has 0 fully saturated rings. The lowest BCUT2D eigenvalue weighted by Gasteiger charge is -2.15. The first-order chi connectivity index (χ1) is 16.9. The number of anilines is 1. The number of fused-ring (bicyclic) bond motifs is 1. The van der Waals surface area contributed by atoms with Crippen LogP contribution in [-0.4, -0.2) is 49.5 Å². The topological polar surface area (TPSA) is 234 Å². The molecule has 2 heterocycles. The van der Waals surface area contributed by atoms with Crippen LogP contribution in [-0.2, 0) is 24.8 Å². The Morgan fingerprint density at radius 3 is 2.31 bits per heavy atom. The van der Waals surface area contributed by atoms with Gasteiger partial charge in [-0.15, -0.1) is 5.11 Å². The van der Waals surface area contributed by atoms with Gasteiger partial charge in [-0.3, -0.25) is 24.4 Å². The first-order valence-electron chi connectivity index (χ1n) is 9.76. The van der Waals surface area contributed by atoms with Crippen molar-refractivity contribution >= 4 is 49.1 Å². The van der Waals surface area contributed by atoms with Gasteiger partial charge in [-0.1, -0.05) is 12.1 Å². The summed E-state index contributed by atoms with van der Waals surface area (Å²) >= 11 is 0. The Hall–Kier alpha value is -4.64. The number of aromatic nitrogens is 2. The first kappa shape index (κ1) is 24.5. The van der Waals surface area contributed by atoms with Crippen LogP contribution in [0.3, 0.4) is 0 Å². The van der Waals surface area contributed by atoms with Crippen molar-refractivity contribution in [1.29, 1.82) is 0 Å². The molecule has 36 heavy (non-hydrogen) atoms. The third-order valence-corrected chi connectivity index (χ3v) is 7.98. The second-order valence-corrected chi connectivity index (χ2v) is 10.7. The number of azo groups is 1. The molecule has 5 N–H and O–H groups in total. The van der Waals surface area contributed by atoms with Gasteiger partial charge in [0.25, 0.3) is 37.4 Å². The van der Waals surface area contributed by atoms with E-state index >= 15 is 0 Å². The third-order valence-electron chi connectivity index (χ3n) is 4.81. The highest BCUT2D eigenvalue weighted by Crippen LogP contribution is 2.29. The van der Waals surface area contributed by atoms with E-state index in [0.29, 0.717) is 0 Å². The number of hydrogen-bond donors (Lipinski definition) is 4. The number of carbonyl (C=O) groups is 2.